The van der Waals surface area contributed by atoms with Crippen LogP contribution in [0.2, 0.25) is 0 Å². The molecule has 0 bridgehead atoms. The topological polar surface area (TPSA) is 153 Å². The minimum Gasteiger partial charge on any atom is -0.345 e. The van der Waals surface area contributed by atoms with Gasteiger partial charge < -0.3 is 10.2 Å². The summed E-state index contributed by atoms with van der Waals surface area (Å²) in [6.45, 7) is 17.9. The van der Waals surface area contributed by atoms with Gasteiger partial charge in [0.25, 0.3) is 0 Å². The van der Waals surface area contributed by atoms with Crippen LogP contribution in [-0.2, 0) is 34.2 Å². The van der Waals surface area contributed by atoms with E-state index in [0.29, 0.717) is 19.4 Å². The molecule has 13 heteroatoms. The Balaban J connectivity index is 1.17. The van der Waals surface area contributed by atoms with Crippen LogP contribution in [0.25, 0.3) is 0 Å². The number of Topliss-reactive ketones (excluding diaryl/α,β-unsaturated/α-hetero) is 2. The molecule has 2 heterocycles. The Morgan fingerprint density at radius 2 is 1.44 bits per heavy atom. The van der Waals surface area contributed by atoms with Crippen molar-refractivity contribution in [2.75, 3.05) is 26.2 Å². The van der Waals surface area contributed by atoms with Crippen molar-refractivity contribution < 1.29 is 32.4 Å². The zero-order chi connectivity index (χ0) is 44.1. The van der Waals surface area contributed by atoms with E-state index < -0.39 is 39.5 Å². The van der Waals surface area contributed by atoms with Gasteiger partial charge in [-0.2, -0.15) is 12.7 Å². The molecule has 0 aromatic rings. The van der Waals surface area contributed by atoms with Crippen molar-refractivity contribution in [1.82, 2.24) is 24.1 Å². The van der Waals surface area contributed by atoms with E-state index in [1.54, 1.807) is 19.9 Å². The summed E-state index contributed by atoms with van der Waals surface area (Å²) in [5.74, 6) is -2.13. The van der Waals surface area contributed by atoms with Crippen molar-refractivity contribution >= 4 is 39.5 Å². The van der Waals surface area contributed by atoms with Crippen molar-refractivity contribution in [2.45, 2.75) is 188 Å². The average molecular weight is 868 g/mol. The number of nitrogens with zero attached hydrogens (tertiary/aromatic N) is 3. The van der Waals surface area contributed by atoms with E-state index >= 15 is 4.79 Å². The first-order valence-corrected chi connectivity index (χ1v) is 25.7. The normalized spacial score (nSPS) is 32.1. The fourth-order valence-corrected chi connectivity index (χ4v) is 15.2. The fourth-order valence-electron chi connectivity index (χ4n) is 14.0. The molecule has 0 aromatic heterocycles. The lowest BCUT2D eigenvalue weighted by Crippen LogP contribution is -2.57. The summed E-state index contributed by atoms with van der Waals surface area (Å²) >= 11 is 0. The molecule has 2 unspecified atom stereocenters. The summed E-state index contributed by atoms with van der Waals surface area (Å²) < 4.78 is 29.9. The lowest BCUT2D eigenvalue weighted by molar-refractivity contribution is -0.145. The largest absolute Gasteiger partial charge is 0.345 e. The second-order valence-electron chi connectivity index (χ2n) is 21.2. The smallest absolute Gasteiger partial charge is 0.303 e. The second-order valence-corrected chi connectivity index (χ2v) is 22.9. The average Bonchev–Trinajstić information content (AvgIpc) is 3.69. The molecule has 2 spiro atoms. The van der Waals surface area contributed by atoms with Gasteiger partial charge in [0.2, 0.25) is 17.7 Å². The predicted octanol–water partition coefficient (Wildman–Crippen LogP) is 6.73. The van der Waals surface area contributed by atoms with E-state index in [9.17, 15) is 27.6 Å². The Hall–Kier alpha value is -2.64. The number of carbonyl (C=O) groups is 5. The second kappa shape index (κ2) is 17.7. The predicted molar refractivity (Wildman–Crippen MR) is 236 cm³/mol. The number of likely N-dealkylation sites (tertiary alicyclic amines) is 2. The summed E-state index contributed by atoms with van der Waals surface area (Å²) in [6.07, 6.45) is 16.9. The van der Waals surface area contributed by atoms with Crippen LogP contribution in [0.1, 0.15) is 164 Å². The Bertz CT molecular complexity index is 1810. The molecule has 2 N–H and O–H groups in total. The zero-order valence-corrected chi connectivity index (χ0v) is 39.1. The van der Waals surface area contributed by atoms with Crippen LogP contribution < -0.4 is 10.0 Å². The summed E-state index contributed by atoms with van der Waals surface area (Å²) in [5.41, 5.74) is -1.55. The van der Waals surface area contributed by atoms with Crippen molar-refractivity contribution in [3.05, 3.63) is 12.7 Å². The maximum Gasteiger partial charge on any atom is 0.303 e. The molecular formula is C48H77N5O7S. The van der Waals surface area contributed by atoms with E-state index in [1.807, 2.05) is 4.90 Å². The Kier molecular flexibility index (Phi) is 13.5. The Morgan fingerprint density at radius 3 is 2.00 bits per heavy atom. The van der Waals surface area contributed by atoms with Gasteiger partial charge in [-0.1, -0.05) is 78.7 Å². The summed E-state index contributed by atoms with van der Waals surface area (Å²) in [4.78, 5) is 77.7. The number of fused-ring (bicyclic) bond motifs is 1. The highest BCUT2D eigenvalue weighted by atomic mass is 32.2. The Labute approximate surface area is 366 Å². The molecule has 2 aliphatic heterocycles. The van der Waals surface area contributed by atoms with E-state index in [2.05, 4.69) is 49.2 Å². The summed E-state index contributed by atoms with van der Waals surface area (Å²) in [5, 5.41) is 3.31. The number of hydrogen-bond donors (Lipinski definition) is 2. The highest BCUT2D eigenvalue weighted by Gasteiger charge is 2.85. The lowest BCUT2D eigenvalue weighted by Gasteiger charge is -2.39. The van der Waals surface area contributed by atoms with Gasteiger partial charge in [-0.25, -0.2) is 4.72 Å². The molecule has 2 saturated heterocycles. The minimum atomic E-state index is -4.12. The SMILES string of the molecule is C=C[C@@H]1C[C@]1(CC(=O)[C@@H]1C[C@@]2(CN1C(=O)C(CC(=O)C(NC(=O)[C@@H]1CCCCN1C(C)C)C1CCCCC1)C1CCCC1)C(C)(C)C21CCC1)C(=O)NS(=O)(=O)N(CC)CC. The molecule has 3 amide bonds. The number of amides is 3. The van der Waals surface area contributed by atoms with Crippen LogP contribution in [0, 0.1) is 45.3 Å². The molecule has 61 heavy (non-hydrogen) atoms. The lowest BCUT2D eigenvalue weighted by atomic mass is 9.73. The maximum atomic E-state index is 15.5. The van der Waals surface area contributed by atoms with Crippen LogP contribution in [-0.4, -0.2) is 102 Å². The third-order valence-electron chi connectivity index (χ3n) is 18.1. The molecule has 0 radical (unpaired) electrons. The minimum absolute atomic E-state index is 0.00194. The van der Waals surface area contributed by atoms with Crippen LogP contribution in [0.3, 0.4) is 0 Å². The Morgan fingerprint density at radius 1 is 0.820 bits per heavy atom. The van der Waals surface area contributed by atoms with Gasteiger partial charge in [0.15, 0.2) is 11.6 Å². The molecule has 0 aromatic carbocycles. The molecular weight excluding hydrogens is 791 g/mol. The zero-order valence-electron chi connectivity index (χ0n) is 38.3. The van der Waals surface area contributed by atoms with Gasteiger partial charge in [-0.05, 0) is 113 Å². The van der Waals surface area contributed by atoms with Crippen molar-refractivity contribution in [1.29, 1.82) is 0 Å². The third kappa shape index (κ3) is 8.10. The fraction of sp³-hybridized carbons (Fsp3) is 0.854. The summed E-state index contributed by atoms with van der Waals surface area (Å²) in [7, 11) is -4.12. The van der Waals surface area contributed by atoms with Gasteiger partial charge in [-0.3, -0.25) is 28.9 Å². The van der Waals surface area contributed by atoms with Crippen LogP contribution in [0.4, 0.5) is 0 Å². The van der Waals surface area contributed by atoms with Gasteiger partial charge in [0.1, 0.15) is 0 Å². The third-order valence-corrected chi connectivity index (χ3v) is 19.7. The quantitative estimate of drug-likeness (QED) is 0.144. The molecule has 342 valence electrons. The molecule has 7 aliphatic rings. The van der Waals surface area contributed by atoms with Crippen molar-refractivity contribution in [2.24, 2.45) is 45.3 Å². The number of nitrogens with one attached hydrogen (secondary N) is 2. The molecule has 7 fully saturated rings. The van der Waals surface area contributed by atoms with Crippen molar-refractivity contribution in [3.8, 4) is 0 Å². The van der Waals surface area contributed by atoms with Gasteiger partial charge in [-0.15, -0.1) is 6.58 Å². The van der Waals surface area contributed by atoms with E-state index in [0.717, 1.165) is 103 Å². The highest BCUT2D eigenvalue weighted by Crippen LogP contribution is 2.88. The standard InChI is InChI=1S/C48H77N5O7S/c1-8-35-28-46(35,44(58)50-61(59,60)51(9-2)10-3)30-40(55)38-29-48(45(6,7)47(48)24-18-25-47)31-53(38)43(57)36(33-19-14-15-20-33)27-39(54)41(34-21-12-11-13-22-34)49-42(56)37-23-16-17-26-52(37)32(4)5/h8,32-38,41H,1,9-31H2,2-7H3,(H,49,56)(H,50,58)/t35-,36?,37+,38+,41?,46-,48-/m1/s1. The molecule has 7 atom stereocenters. The number of hydrogen-bond acceptors (Lipinski definition) is 8. The molecule has 5 saturated carbocycles. The van der Waals surface area contributed by atoms with Crippen LogP contribution >= 0.6 is 0 Å². The van der Waals surface area contributed by atoms with Gasteiger partial charge in [0.05, 0.1) is 23.5 Å². The van der Waals surface area contributed by atoms with E-state index in [4.69, 9.17) is 0 Å². The molecule has 7 rings (SSSR count). The van der Waals surface area contributed by atoms with Gasteiger partial charge >= 0.3 is 10.2 Å². The van der Waals surface area contributed by atoms with Crippen molar-refractivity contribution in [3.63, 3.8) is 0 Å². The first-order valence-electron chi connectivity index (χ1n) is 24.3. The first-order chi connectivity index (χ1) is 28.9. The number of allylic oxidation sites excluding steroid dienone is 1. The van der Waals surface area contributed by atoms with Crippen LogP contribution in [0.15, 0.2) is 12.7 Å². The van der Waals surface area contributed by atoms with E-state index in [-0.39, 0.29) is 95.4 Å². The highest BCUT2D eigenvalue weighted by molar-refractivity contribution is 7.87. The number of carbonyl (C=O) groups excluding carboxylic acids is 5. The monoisotopic (exact) mass is 868 g/mol. The van der Waals surface area contributed by atoms with Gasteiger partial charge in [0, 0.05) is 49.9 Å². The summed E-state index contributed by atoms with van der Waals surface area (Å²) in [6, 6.07) is -1.49. The maximum absolute atomic E-state index is 15.5. The molecule has 5 aliphatic carbocycles. The molecule has 12 nitrogen and oxygen atoms in total. The number of rotatable bonds is 18. The number of ketones is 2. The number of piperidine rings is 1. The van der Waals surface area contributed by atoms with Crippen LogP contribution in [0.5, 0.6) is 0 Å². The van der Waals surface area contributed by atoms with E-state index in [1.165, 1.54) is 4.31 Å². The first kappa shape index (κ1) is 46.4.